The van der Waals surface area contributed by atoms with Gasteiger partial charge in [0.1, 0.15) is 23.6 Å². The van der Waals surface area contributed by atoms with Gasteiger partial charge in [0.15, 0.2) is 5.82 Å². The first kappa shape index (κ1) is 9.91. The first-order valence-electron chi connectivity index (χ1n) is 4.14. The average Bonchev–Trinajstić information content (AvgIpc) is 2.64. The summed E-state index contributed by atoms with van der Waals surface area (Å²) in [6, 6.07) is 0. The Kier molecular flexibility index (Phi) is 2.55. The first-order chi connectivity index (χ1) is 7.22. The van der Waals surface area contributed by atoms with Gasteiger partial charge in [-0.1, -0.05) is 0 Å². The Morgan fingerprint density at radius 3 is 3.00 bits per heavy atom. The van der Waals surface area contributed by atoms with Gasteiger partial charge in [-0.15, -0.1) is 11.8 Å². The molecule has 0 aromatic heterocycles. The van der Waals surface area contributed by atoms with E-state index < -0.39 is 5.97 Å². The Hall–Kier alpha value is -1.63. The molecule has 0 spiro atoms. The van der Waals surface area contributed by atoms with E-state index in [1.807, 2.05) is 6.26 Å². The molecule has 0 atom stereocenters. The van der Waals surface area contributed by atoms with E-state index in [1.54, 1.807) is 4.57 Å². The fourth-order valence-corrected chi connectivity index (χ4v) is 1.97. The fourth-order valence-electron chi connectivity index (χ4n) is 1.29. The van der Waals surface area contributed by atoms with Crippen LogP contribution < -0.4 is 0 Å². The molecular weight excluding hydrogens is 216 g/mol. The van der Waals surface area contributed by atoms with Gasteiger partial charge in [-0.2, -0.15) is 0 Å². The van der Waals surface area contributed by atoms with E-state index >= 15 is 0 Å². The lowest BCUT2D eigenvalue weighted by atomic mass is 10.4. The lowest BCUT2D eigenvalue weighted by molar-refractivity contribution is -0.137. The zero-order valence-corrected chi connectivity index (χ0v) is 8.73. The summed E-state index contributed by atoms with van der Waals surface area (Å²) < 4.78 is 1.55. The molecule has 0 aromatic rings. The fraction of sp³-hybridized carbons (Fsp3) is 0.250. The molecule has 1 N–H and O–H groups in total. The quantitative estimate of drug-likeness (QED) is 0.607. The predicted octanol–water partition coefficient (Wildman–Crippen LogP) is 0.584. The van der Waals surface area contributed by atoms with E-state index in [9.17, 15) is 4.79 Å². The highest BCUT2D eigenvalue weighted by molar-refractivity contribution is 7.98. The summed E-state index contributed by atoms with van der Waals surface area (Å²) in [5.74, 6) is -0.364. The molecule has 0 saturated carbocycles. The standard InChI is InChI=1S/C8H8N4O2S/c1-15-8-6-7(10-3-9-6)11-4-12(8)2-5(13)14/h3-4H,2H2,1H3,(H,13,14). The molecule has 0 unspecified atom stereocenters. The number of hydrogen-bond donors (Lipinski definition) is 1. The second kappa shape index (κ2) is 3.85. The van der Waals surface area contributed by atoms with E-state index in [4.69, 9.17) is 5.11 Å². The second-order valence-corrected chi connectivity index (χ2v) is 3.62. The summed E-state index contributed by atoms with van der Waals surface area (Å²) in [6.45, 7) is -0.119. The third-order valence-corrected chi connectivity index (χ3v) is 2.68. The maximum absolute atomic E-state index is 10.6. The molecule has 2 heterocycles. The number of fused-ring (bicyclic) bond motifs is 1. The topological polar surface area (TPSA) is 80.9 Å². The number of aliphatic carboxylic acids is 1. The number of nitrogens with zero attached hydrogens (tertiary/aromatic N) is 4. The van der Waals surface area contributed by atoms with Crippen molar-refractivity contribution in [3.63, 3.8) is 0 Å². The van der Waals surface area contributed by atoms with Crippen molar-refractivity contribution in [2.24, 2.45) is 0 Å². The Morgan fingerprint density at radius 2 is 2.33 bits per heavy atom. The molecule has 6 nitrogen and oxygen atoms in total. The lowest BCUT2D eigenvalue weighted by Crippen LogP contribution is -2.13. The maximum atomic E-state index is 10.6. The van der Waals surface area contributed by atoms with Crippen molar-refractivity contribution in [1.82, 2.24) is 19.5 Å². The summed E-state index contributed by atoms with van der Waals surface area (Å²) in [5, 5.41) is 9.48. The van der Waals surface area contributed by atoms with Crippen molar-refractivity contribution in [1.29, 1.82) is 0 Å². The summed E-state index contributed by atoms with van der Waals surface area (Å²) in [7, 11) is 0. The molecule has 7 heteroatoms. The van der Waals surface area contributed by atoms with Crippen molar-refractivity contribution in [3.05, 3.63) is 12.7 Å². The van der Waals surface area contributed by atoms with Crippen LogP contribution in [-0.4, -0.2) is 36.9 Å². The minimum Gasteiger partial charge on any atom is -0.480 e. The second-order valence-electron chi connectivity index (χ2n) is 2.82. The highest BCUT2D eigenvalue weighted by Gasteiger charge is 2.16. The molecule has 0 amide bonds. The number of aromatic nitrogens is 4. The molecule has 2 aliphatic heterocycles. The van der Waals surface area contributed by atoms with Gasteiger partial charge in [0.05, 0.1) is 6.33 Å². The van der Waals surface area contributed by atoms with Crippen LogP contribution in [0.3, 0.4) is 0 Å². The number of imidazole rings is 1. The number of rotatable bonds is 3. The molecule has 0 saturated heterocycles. The number of hydrogen-bond acceptors (Lipinski definition) is 5. The highest BCUT2D eigenvalue weighted by atomic mass is 32.2. The van der Waals surface area contributed by atoms with E-state index in [2.05, 4.69) is 15.0 Å². The normalized spacial score (nSPS) is 10.7. The summed E-state index contributed by atoms with van der Waals surface area (Å²) >= 11 is 1.43. The summed E-state index contributed by atoms with van der Waals surface area (Å²) in [6.07, 6.45) is 4.75. The third-order valence-electron chi connectivity index (χ3n) is 1.86. The third kappa shape index (κ3) is 1.78. The minimum absolute atomic E-state index is 0.119. The summed E-state index contributed by atoms with van der Waals surface area (Å²) in [5.41, 5.74) is 0.645. The van der Waals surface area contributed by atoms with Crippen LogP contribution >= 0.6 is 11.8 Å². The largest absolute Gasteiger partial charge is 0.480 e. The number of carbonyl (C=O) groups is 1. The Morgan fingerprint density at radius 1 is 1.53 bits per heavy atom. The van der Waals surface area contributed by atoms with Crippen LogP contribution in [-0.2, 0) is 11.3 Å². The monoisotopic (exact) mass is 224 g/mol. The lowest BCUT2D eigenvalue weighted by Gasteiger charge is -2.10. The highest BCUT2D eigenvalue weighted by Crippen LogP contribution is 2.26. The van der Waals surface area contributed by atoms with Crippen molar-refractivity contribution in [2.75, 3.05) is 6.26 Å². The Bertz CT molecular complexity index is 470. The number of carboxylic acids is 1. The molecule has 78 valence electrons. The zero-order valence-electron chi connectivity index (χ0n) is 7.91. The number of thioether (sulfide) groups is 1. The van der Waals surface area contributed by atoms with Crippen LogP contribution in [0.4, 0.5) is 0 Å². The van der Waals surface area contributed by atoms with Gasteiger partial charge in [0, 0.05) is 0 Å². The van der Waals surface area contributed by atoms with Crippen LogP contribution in [0.2, 0.25) is 0 Å². The van der Waals surface area contributed by atoms with Crippen LogP contribution in [0.5, 0.6) is 0 Å². The van der Waals surface area contributed by atoms with Gasteiger partial charge in [0.25, 0.3) is 0 Å². The molecule has 15 heavy (non-hydrogen) atoms. The Labute approximate surface area is 89.7 Å². The van der Waals surface area contributed by atoms with E-state index in [-0.39, 0.29) is 6.54 Å². The molecule has 0 aromatic carbocycles. The molecular formula is C8H8N4O2S. The molecule has 2 aliphatic rings. The van der Waals surface area contributed by atoms with Gasteiger partial charge in [0.2, 0.25) is 0 Å². The molecule has 0 bridgehead atoms. The van der Waals surface area contributed by atoms with E-state index in [0.29, 0.717) is 11.5 Å². The van der Waals surface area contributed by atoms with Crippen LogP contribution in [0.25, 0.3) is 11.5 Å². The average molecular weight is 224 g/mol. The SMILES string of the molecule is CSc1c2ncnc-2ncn1CC(=O)O. The van der Waals surface area contributed by atoms with E-state index in [1.165, 1.54) is 24.4 Å². The predicted molar refractivity (Wildman–Crippen MR) is 53.9 cm³/mol. The van der Waals surface area contributed by atoms with Gasteiger partial charge >= 0.3 is 5.97 Å². The Balaban J connectivity index is 2.54. The molecule has 2 rings (SSSR count). The minimum atomic E-state index is -0.907. The van der Waals surface area contributed by atoms with Gasteiger partial charge in [-0.25, -0.2) is 15.0 Å². The smallest absolute Gasteiger partial charge is 0.323 e. The van der Waals surface area contributed by atoms with Crippen LogP contribution in [0, 0.1) is 0 Å². The van der Waals surface area contributed by atoms with Crippen molar-refractivity contribution < 1.29 is 9.90 Å². The van der Waals surface area contributed by atoms with Crippen molar-refractivity contribution in [2.45, 2.75) is 11.6 Å². The van der Waals surface area contributed by atoms with Crippen LogP contribution in [0.1, 0.15) is 0 Å². The molecule has 0 radical (unpaired) electrons. The van der Waals surface area contributed by atoms with Crippen molar-refractivity contribution >= 4 is 17.7 Å². The van der Waals surface area contributed by atoms with Crippen LogP contribution in [0.15, 0.2) is 17.7 Å². The number of carboxylic acid groups (broad SMARTS) is 1. The zero-order chi connectivity index (χ0) is 10.8. The molecule has 0 fully saturated rings. The maximum Gasteiger partial charge on any atom is 0.323 e. The first-order valence-corrected chi connectivity index (χ1v) is 5.36. The molecule has 0 aliphatic carbocycles. The van der Waals surface area contributed by atoms with Gasteiger partial charge in [-0.05, 0) is 6.26 Å². The van der Waals surface area contributed by atoms with Gasteiger partial charge in [-0.3, -0.25) is 4.79 Å². The van der Waals surface area contributed by atoms with Crippen molar-refractivity contribution in [3.8, 4) is 11.5 Å². The van der Waals surface area contributed by atoms with E-state index in [0.717, 1.165) is 5.03 Å². The van der Waals surface area contributed by atoms with Gasteiger partial charge < -0.3 is 9.67 Å². The summed E-state index contributed by atoms with van der Waals surface area (Å²) in [4.78, 5) is 22.6.